The number of imidazole rings is 1. The van der Waals surface area contributed by atoms with Crippen LogP contribution in [0.15, 0.2) is 30.5 Å². The van der Waals surface area contributed by atoms with Gasteiger partial charge in [-0.15, -0.1) is 0 Å². The van der Waals surface area contributed by atoms with Crippen LogP contribution in [0.1, 0.15) is 12.2 Å². The van der Waals surface area contributed by atoms with Crippen molar-refractivity contribution in [2.45, 2.75) is 12.8 Å². The first-order valence-corrected chi connectivity index (χ1v) is 5.60. The molecular weight excluding hydrogens is 232 g/mol. The molecule has 0 fully saturated rings. The average Bonchev–Trinajstić information content (AvgIpc) is 2.85. The zero-order valence-electron chi connectivity index (χ0n) is 10.0. The van der Waals surface area contributed by atoms with E-state index in [4.69, 9.17) is 9.84 Å². The van der Waals surface area contributed by atoms with Crippen molar-refractivity contribution in [3.8, 4) is 17.0 Å². The van der Waals surface area contributed by atoms with Gasteiger partial charge in [0.05, 0.1) is 25.4 Å². The second-order valence-corrected chi connectivity index (χ2v) is 3.84. The highest BCUT2D eigenvalue weighted by Gasteiger charge is 2.09. The average molecular weight is 246 g/mol. The summed E-state index contributed by atoms with van der Waals surface area (Å²) in [5.41, 5.74) is 1.74. The fourth-order valence-electron chi connectivity index (χ4n) is 1.72. The Hall–Kier alpha value is -2.30. The minimum absolute atomic E-state index is 0.0683. The molecule has 1 heterocycles. The Labute approximate surface area is 104 Å². The molecule has 0 spiro atoms. The van der Waals surface area contributed by atoms with Crippen molar-refractivity contribution in [2.24, 2.45) is 0 Å². The molecule has 2 aromatic rings. The molecule has 0 aliphatic rings. The van der Waals surface area contributed by atoms with Crippen LogP contribution in [0.2, 0.25) is 0 Å². The monoisotopic (exact) mass is 246 g/mol. The Balaban J connectivity index is 2.21. The Morgan fingerprint density at radius 3 is 2.94 bits per heavy atom. The van der Waals surface area contributed by atoms with Crippen molar-refractivity contribution in [3.63, 3.8) is 0 Å². The number of carbonyl (C=O) groups is 1. The lowest BCUT2D eigenvalue weighted by molar-refractivity contribution is -0.137. The molecule has 0 saturated carbocycles. The highest BCUT2D eigenvalue weighted by molar-refractivity contribution is 5.68. The molecule has 0 unspecified atom stereocenters. The third kappa shape index (κ3) is 2.68. The second kappa shape index (κ2) is 5.35. The molecule has 2 N–H and O–H groups in total. The van der Waals surface area contributed by atoms with E-state index in [9.17, 15) is 4.79 Å². The van der Waals surface area contributed by atoms with Gasteiger partial charge < -0.3 is 14.8 Å². The number of aromatic amines is 1. The number of H-pyrrole nitrogens is 1. The Morgan fingerprint density at radius 2 is 2.22 bits per heavy atom. The Kier molecular flexibility index (Phi) is 3.62. The molecule has 0 amide bonds. The highest BCUT2D eigenvalue weighted by atomic mass is 16.5. The summed E-state index contributed by atoms with van der Waals surface area (Å²) in [5.74, 6) is 0.592. The number of nitrogens with zero attached hydrogens (tertiary/aromatic N) is 1. The van der Waals surface area contributed by atoms with Gasteiger partial charge in [-0.05, 0) is 12.1 Å². The minimum Gasteiger partial charge on any atom is -0.496 e. The predicted octanol–water partition coefficient (Wildman–Crippen LogP) is 2.10. The van der Waals surface area contributed by atoms with Gasteiger partial charge in [-0.3, -0.25) is 4.79 Å². The third-order valence-electron chi connectivity index (χ3n) is 2.60. The maximum absolute atomic E-state index is 10.5. The molecule has 0 radical (unpaired) electrons. The standard InChI is InChI=1S/C13H14N2O3/c1-18-11-5-3-2-4-9(11)10-8-14-12(15-10)6-7-13(16)17/h2-5,8H,6-7H2,1H3,(H,14,15)(H,16,17). The van der Waals surface area contributed by atoms with Crippen LogP contribution in [0.3, 0.4) is 0 Å². The number of aliphatic carboxylic acids is 1. The highest BCUT2D eigenvalue weighted by Crippen LogP contribution is 2.27. The number of para-hydroxylation sites is 1. The Morgan fingerprint density at radius 1 is 1.44 bits per heavy atom. The maximum Gasteiger partial charge on any atom is 0.303 e. The SMILES string of the molecule is COc1ccccc1-c1cnc(CCC(=O)O)[nH]1. The van der Waals surface area contributed by atoms with Crippen LogP contribution < -0.4 is 4.74 Å². The number of carboxylic acid groups (broad SMARTS) is 1. The van der Waals surface area contributed by atoms with E-state index in [1.807, 2.05) is 24.3 Å². The van der Waals surface area contributed by atoms with Crippen molar-refractivity contribution >= 4 is 5.97 Å². The number of benzene rings is 1. The number of methoxy groups -OCH3 is 1. The first-order chi connectivity index (χ1) is 8.70. The molecule has 0 aliphatic carbocycles. The molecule has 0 atom stereocenters. The van der Waals surface area contributed by atoms with Crippen LogP contribution in [0.5, 0.6) is 5.75 Å². The van der Waals surface area contributed by atoms with Gasteiger partial charge in [0.15, 0.2) is 0 Å². The molecule has 0 aliphatic heterocycles. The van der Waals surface area contributed by atoms with Crippen LogP contribution in [0, 0.1) is 0 Å². The summed E-state index contributed by atoms with van der Waals surface area (Å²) in [6.07, 6.45) is 2.15. The van der Waals surface area contributed by atoms with Crippen LogP contribution in [0.25, 0.3) is 11.3 Å². The van der Waals surface area contributed by atoms with Gasteiger partial charge >= 0.3 is 5.97 Å². The van der Waals surface area contributed by atoms with E-state index in [1.165, 1.54) is 0 Å². The summed E-state index contributed by atoms with van der Waals surface area (Å²) in [4.78, 5) is 17.8. The first-order valence-electron chi connectivity index (χ1n) is 5.60. The summed E-state index contributed by atoms with van der Waals surface area (Å²) in [5, 5.41) is 8.62. The molecular formula is C13H14N2O3. The fourth-order valence-corrected chi connectivity index (χ4v) is 1.72. The van der Waals surface area contributed by atoms with E-state index in [-0.39, 0.29) is 6.42 Å². The lowest BCUT2D eigenvalue weighted by atomic mass is 10.1. The van der Waals surface area contributed by atoms with Crippen molar-refractivity contribution in [3.05, 3.63) is 36.3 Å². The van der Waals surface area contributed by atoms with Gasteiger partial charge in [0.2, 0.25) is 0 Å². The summed E-state index contributed by atoms with van der Waals surface area (Å²) in [6, 6.07) is 7.60. The fraction of sp³-hybridized carbons (Fsp3) is 0.231. The number of rotatable bonds is 5. The number of nitrogens with one attached hydrogen (secondary N) is 1. The Bertz CT molecular complexity index is 549. The molecule has 1 aromatic carbocycles. The van der Waals surface area contributed by atoms with Gasteiger partial charge in [0.25, 0.3) is 0 Å². The van der Waals surface area contributed by atoms with Crippen molar-refractivity contribution in [1.29, 1.82) is 0 Å². The lowest BCUT2D eigenvalue weighted by Gasteiger charge is -2.05. The maximum atomic E-state index is 10.5. The van der Waals surface area contributed by atoms with E-state index in [0.29, 0.717) is 12.2 Å². The molecule has 5 heteroatoms. The molecule has 2 rings (SSSR count). The molecule has 18 heavy (non-hydrogen) atoms. The van der Waals surface area contributed by atoms with Gasteiger partial charge in [-0.2, -0.15) is 0 Å². The van der Waals surface area contributed by atoms with Crippen LogP contribution >= 0.6 is 0 Å². The second-order valence-electron chi connectivity index (χ2n) is 3.84. The normalized spacial score (nSPS) is 10.3. The summed E-state index contributed by atoms with van der Waals surface area (Å²) in [7, 11) is 1.61. The van der Waals surface area contributed by atoms with E-state index in [1.54, 1.807) is 13.3 Å². The van der Waals surface area contributed by atoms with Gasteiger partial charge in [-0.25, -0.2) is 4.98 Å². The van der Waals surface area contributed by atoms with Gasteiger partial charge in [0, 0.05) is 12.0 Å². The smallest absolute Gasteiger partial charge is 0.303 e. The summed E-state index contributed by atoms with van der Waals surface area (Å²) in [6.45, 7) is 0. The minimum atomic E-state index is -0.828. The number of aromatic nitrogens is 2. The molecule has 0 bridgehead atoms. The van der Waals surface area contributed by atoms with E-state index in [2.05, 4.69) is 9.97 Å². The zero-order valence-corrected chi connectivity index (χ0v) is 10.0. The largest absolute Gasteiger partial charge is 0.496 e. The third-order valence-corrected chi connectivity index (χ3v) is 2.60. The lowest BCUT2D eigenvalue weighted by Crippen LogP contribution is -1.98. The predicted molar refractivity (Wildman–Crippen MR) is 66.5 cm³/mol. The van der Waals surface area contributed by atoms with Crippen LogP contribution in [-0.2, 0) is 11.2 Å². The molecule has 5 nitrogen and oxygen atoms in total. The summed E-state index contributed by atoms with van der Waals surface area (Å²) < 4.78 is 5.27. The number of hydrogen-bond acceptors (Lipinski definition) is 3. The van der Waals surface area contributed by atoms with Crippen molar-refractivity contribution in [2.75, 3.05) is 7.11 Å². The van der Waals surface area contributed by atoms with Crippen molar-refractivity contribution in [1.82, 2.24) is 9.97 Å². The van der Waals surface area contributed by atoms with E-state index in [0.717, 1.165) is 17.0 Å². The molecule has 1 aromatic heterocycles. The van der Waals surface area contributed by atoms with Crippen LogP contribution in [-0.4, -0.2) is 28.2 Å². The molecule has 94 valence electrons. The molecule has 0 saturated heterocycles. The number of aryl methyl sites for hydroxylation is 1. The number of ether oxygens (including phenoxy) is 1. The number of hydrogen-bond donors (Lipinski definition) is 2. The van der Waals surface area contributed by atoms with Gasteiger partial charge in [0.1, 0.15) is 11.6 Å². The van der Waals surface area contributed by atoms with E-state index >= 15 is 0 Å². The first kappa shape index (κ1) is 12.2. The topological polar surface area (TPSA) is 75.2 Å². The number of carboxylic acids is 1. The quantitative estimate of drug-likeness (QED) is 0.847. The van der Waals surface area contributed by atoms with Gasteiger partial charge in [-0.1, -0.05) is 12.1 Å². The zero-order chi connectivity index (χ0) is 13.0. The van der Waals surface area contributed by atoms with Crippen LogP contribution in [0.4, 0.5) is 0 Å². The summed E-state index contributed by atoms with van der Waals surface area (Å²) >= 11 is 0. The van der Waals surface area contributed by atoms with E-state index < -0.39 is 5.97 Å². The van der Waals surface area contributed by atoms with Crippen molar-refractivity contribution < 1.29 is 14.6 Å².